The molecule has 0 fully saturated rings. The van der Waals surface area contributed by atoms with Gasteiger partial charge in [0.1, 0.15) is 0 Å². The Bertz CT molecular complexity index is 528. The first-order chi connectivity index (χ1) is 10.1. The van der Waals surface area contributed by atoms with E-state index in [2.05, 4.69) is 10.6 Å². The Morgan fingerprint density at radius 3 is 3.00 bits per heavy atom. The van der Waals surface area contributed by atoms with Gasteiger partial charge in [-0.05, 0) is 42.9 Å². The summed E-state index contributed by atoms with van der Waals surface area (Å²) in [6, 6.07) is 5.74. The minimum Gasteiger partial charge on any atom is -0.481 e. The highest BCUT2D eigenvalue weighted by molar-refractivity contribution is 5.97. The molecule has 0 saturated carbocycles. The second-order valence-corrected chi connectivity index (χ2v) is 5.61. The number of fused-ring (bicyclic) bond motifs is 1. The van der Waals surface area contributed by atoms with E-state index in [0.717, 1.165) is 36.2 Å². The lowest BCUT2D eigenvalue weighted by Gasteiger charge is -2.21. The lowest BCUT2D eigenvalue weighted by molar-refractivity contribution is -0.137. The normalized spacial score (nSPS) is 14.7. The number of amides is 1. The van der Waals surface area contributed by atoms with Gasteiger partial charge in [-0.1, -0.05) is 13.0 Å². The van der Waals surface area contributed by atoms with Gasteiger partial charge in [0, 0.05) is 30.8 Å². The first kappa shape index (κ1) is 15.4. The SMILES string of the molecule is CC(CCC(=O)O)CNC(=O)c1cccc2c1CCCN2. The Labute approximate surface area is 124 Å². The topological polar surface area (TPSA) is 78.4 Å². The van der Waals surface area contributed by atoms with Crippen molar-refractivity contribution >= 4 is 17.6 Å². The summed E-state index contributed by atoms with van der Waals surface area (Å²) in [7, 11) is 0. The number of carbonyl (C=O) groups is 2. The maximum absolute atomic E-state index is 12.3. The van der Waals surface area contributed by atoms with Crippen molar-refractivity contribution in [2.24, 2.45) is 5.92 Å². The molecule has 5 nitrogen and oxygen atoms in total. The second kappa shape index (κ2) is 7.11. The molecule has 0 aliphatic carbocycles. The molecule has 1 heterocycles. The molecule has 3 N–H and O–H groups in total. The van der Waals surface area contributed by atoms with Crippen molar-refractivity contribution in [1.82, 2.24) is 5.32 Å². The van der Waals surface area contributed by atoms with Crippen molar-refractivity contribution in [3.8, 4) is 0 Å². The van der Waals surface area contributed by atoms with Gasteiger partial charge in [0.05, 0.1) is 0 Å². The minimum atomic E-state index is -0.795. The Kier molecular flexibility index (Phi) is 5.20. The number of rotatable bonds is 6. The van der Waals surface area contributed by atoms with Crippen LogP contribution in [0.3, 0.4) is 0 Å². The van der Waals surface area contributed by atoms with Gasteiger partial charge < -0.3 is 15.7 Å². The largest absolute Gasteiger partial charge is 0.481 e. The molecule has 5 heteroatoms. The number of carboxylic acids is 1. The predicted octanol–water partition coefficient (Wildman–Crippen LogP) is 2.28. The van der Waals surface area contributed by atoms with Gasteiger partial charge in [-0.2, -0.15) is 0 Å². The highest BCUT2D eigenvalue weighted by Gasteiger charge is 2.17. The molecule has 1 amide bonds. The molecule has 1 aliphatic rings. The summed E-state index contributed by atoms with van der Waals surface area (Å²) in [5.74, 6) is -0.711. The maximum Gasteiger partial charge on any atom is 0.303 e. The van der Waals surface area contributed by atoms with Crippen LogP contribution in [0.2, 0.25) is 0 Å². The highest BCUT2D eigenvalue weighted by atomic mass is 16.4. The summed E-state index contributed by atoms with van der Waals surface area (Å²) < 4.78 is 0. The number of benzene rings is 1. The van der Waals surface area contributed by atoms with Crippen molar-refractivity contribution in [2.45, 2.75) is 32.6 Å². The molecule has 1 aliphatic heterocycles. The van der Waals surface area contributed by atoms with E-state index in [-0.39, 0.29) is 18.2 Å². The van der Waals surface area contributed by atoms with Gasteiger partial charge in [-0.25, -0.2) is 0 Å². The monoisotopic (exact) mass is 290 g/mol. The van der Waals surface area contributed by atoms with Crippen LogP contribution in [0.5, 0.6) is 0 Å². The van der Waals surface area contributed by atoms with Crippen LogP contribution in [-0.4, -0.2) is 30.1 Å². The lowest BCUT2D eigenvalue weighted by atomic mass is 9.97. The fraction of sp³-hybridized carbons (Fsp3) is 0.500. The minimum absolute atomic E-state index is 0.0716. The summed E-state index contributed by atoms with van der Waals surface area (Å²) in [6.45, 7) is 3.40. The molecule has 1 unspecified atom stereocenters. The summed E-state index contributed by atoms with van der Waals surface area (Å²) in [5, 5.41) is 14.9. The van der Waals surface area contributed by atoms with Crippen LogP contribution in [0.4, 0.5) is 5.69 Å². The first-order valence-corrected chi connectivity index (χ1v) is 7.43. The molecule has 2 rings (SSSR count). The van der Waals surface area contributed by atoms with E-state index in [1.165, 1.54) is 0 Å². The van der Waals surface area contributed by atoms with Crippen LogP contribution in [0.1, 0.15) is 42.1 Å². The number of anilines is 1. The van der Waals surface area contributed by atoms with Crippen LogP contribution in [0, 0.1) is 5.92 Å². The molecule has 0 aromatic heterocycles. The van der Waals surface area contributed by atoms with Gasteiger partial charge in [0.2, 0.25) is 0 Å². The Morgan fingerprint density at radius 1 is 1.43 bits per heavy atom. The molecule has 1 aromatic carbocycles. The third-order valence-corrected chi connectivity index (χ3v) is 3.80. The van der Waals surface area contributed by atoms with E-state index in [1.807, 2.05) is 25.1 Å². The van der Waals surface area contributed by atoms with Crippen molar-refractivity contribution in [1.29, 1.82) is 0 Å². The van der Waals surface area contributed by atoms with Crippen LogP contribution >= 0.6 is 0 Å². The standard InChI is InChI=1S/C16H22N2O3/c1-11(7-8-15(19)20)10-18-16(21)13-4-2-6-14-12(13)5-3-9-17-14/h2,4,6,11,17H,3,5,7-10H2,1H3,(H,18,21)(H,19,20). The predicted molar refractivity (Wildman–Crippen MR) is 81.6 cm³/mol. The van der Waals surface area contributed by atoms with Crippen LogP contribution < -0.4 is 10.6 Å². The van der Waals surface area contributed by atoms with E-state index in [9.17, 15) is 9.59 Å². The van der Waals surface area contributed by atoms with E-state index >= 15 is 0 Å². The summed E-state index contributed by atoms with van der Waals surface area (Å²) >= 11 is 0. The average Bonchev–Trinajstić information content (AvgIpc) is 2.50. The Morgan fingerprint density at radius 2 is 2.24 bits per heavy atom. The third kappa shape index (κ3) is 4.21. The molecule has 114 valence electrons. The smallest absolute Gasteiger partial charge is 0.303 e. The van der Waals surface area contributed by atoms with Gasteiger partial charge in [-0.15, -0.1) is 0 Å². The number of hydrogen-bond acceptors (Lipinski definition) is 3. The number of carbonyl (C=O) groups excluding carboxylic acids is 1. The second-order valence-electron chi connectivity index (χ2n) is 5.61. The van der Waals surface area contributed by atoms with E-state index in [4.69, 9.17) is 5.11 Å². The molecular weight excluding hydrogens is 268 g/mol. The summed E-state index contributed by atoms with van der Waals surface area (Å²) in [4.78, 5) is 22.8. The zero-order valence-corrected chi connectivity index (χ0v) is 12.3. The first-order valence-electron chi connectivity index (χ1n) is 7.43. The van der Waals surface area contributed by atoms with Gasteiger partial charge >= 0.3 is 5.97 Å². The van der Waals surface area contributed by atoms with Crippen molar-refractivity contribution in [2.75, 3.05) is 18.4 Å². The fourth-order valence-electron chi connectivity index (χ4n) is 2.56. The molecule has 1 aromatic rings. The van der Waals surface area contributed by atoms with Crippen LogP contribution in [-0.2, 0) is 11.2 Å². The lowest BCUT2D eigenvalue weighted by Crippen LogP contribution is -2.30. The molecule has 21 heavy (non-hydrogen) atoms. The third-order valence-electron chi connectivity index (χ3n) is 3.80. The van der Waals surface area contributed by atoms with Crippen LogP contribution in [0.25, 0.3) is 0 Å². The Balaban J connectivity index is 1.93. The number of hydrogen-bond donors (Lipinski definition) is 3. The molecule has 1 atom stereocenters. The average molecular weight is 290 g/mol. The Hall–Kier alpha value is -2.04. The molecule has 0 radical (unpaired) electrons. The molecular formula is C16H22N2O3. The van der Waals surface area contributed by atoms with E-state index in [0.29, 0.717) is 13.0 Å². The highest BCUT2D eigenvalue weighted by Crippen LogP contribution is 2.25. The van der Waals surface area contributed by atoms with Gasteiger partial charge in [0.15, 0.2) is 0 Å². The number of carboxylic acid groups (broad SMARTS) is 1. The maximum atomic E-state index is 12.3. The van der Waals surface area contributed by atoms with Crippen molar-refractivity contribution in [3.63, 3.8) is 0 Å². The zero-order valence-electron chi connectivity index (χ0n) is 12.3. The van der Waals surface area contributed by atoms with Crippen LogP contribution in [0.15, 0.2) is 18.2 Å². The van der Waals surface area contributed by atoms with E-state index in [1.54, 1.807) is 0 Å². The zero-order chi connectivity index (χ0) is 15.2. The van der Waals surface area contributed by atoms with Gasteiger partial charge in [-0.3, -0.25) is 9.59 Å². The quantitative estimate of drug-likeness (QED) is 0.751. The fourth-order valence-corrected chi connectivity index (χ4v) is 2.56. The summed E-state index contributed by atoms with van der Waals surface area (Å²) in [5.41, 5.74) is 2.86. The van der Waals surface area contributed by atoms with Crippen molar-refractivity contribution in [3.05, 3.63) is 29.3 Å². The number of aliphatic carboxylic acids is 1. The summed E-state index contributed by atoms with van der Waals surface area (Å²) in [6.07, 6.45) is 2.67. The van der Waals surface area contributed by atoms with Gasteiger partial charge in [0.25, 0.3) is 5.91 Å². The number of nitrogens with one attached hydrogen (secondary N) is 2. The van der Waals surface area contributed by atoms with Crippen molar-refractivity contribution < 1.29 is 14.7 Å². The molecule has 0 saturated heterocycles. The molecule has 0 bridgehead atoms. The molecule has 0 spiro atoms. The van der Waals surface area contributed by atoms with E-state index < -0.39 is 5.97 Å².